The van der Waals surface area contributed by atoms with E-state index in [0.29, 0.717) is 0 Å². The minimum absolute atomic E-state index is 0.0568. The molecule has 1 aromatic heterocycles. The number of carbonyl (C=O) groups excluding carboxylic acids is 1. The molecule has 0 radical (unpaired) electrons. The highest BCUT2D eigenvalue weighted by Crippen LogP contribution is 2.43. The summed E-state index contributed by atoms with van der Waals surface area (Å²) in [4.78, 5) is 22.8. The van der Waals surface area contributed by atoms with Gasteiger partial charge in [-0.05, 0) is 36.6 Å². The number of rotatable bonds is 5. The Kier molecular flexibility index (Phi) is 7.22. The predicted octanol–water partition coefficient (Wildman–Crippen LogP) is 6.85. The van der Waals surface area contributed by atoms with E-state index in [2.05, 4.69) is 10.4 Å². The first-order valence-corrected chi connectivity index (χ1v) is 10.3. The summed E-state index contributed by atoms with van der Waals surface area (Å²) in [6.45, 7) is 2.42. The fourth-order valence-corrected chi connectivity index (χ4v) is 3.71. The van der Waals surface area contributed by atoms with Crippen molar-refractivity contribution in [3.8, 4) is 0 Å². The van der Waals surface area contributed by atoms with Gasteiger partial charge in [0.1, 0.15) is 5.69 Å². The van der Waals surface area contributed by atoms with Crippen LogP contribution in [0.3, 0.4) is 0 Å². The maximum absolute atomic E-state index is 14.0. The second-order valence-corrected chi connectivity index (χ2v) is 8.09. The van der Waals surface area contributed by atoms with Crippen LogP contribution >= 0.6 is 0 Å². The van der Waals surface area contributed by atoms with Crippen LogP contribution in [-0.2, 0) is 12.4 Å². The molecule has 1 heterocycles. The lowest BCUT2D eigenvalue weighted by Crippen LogP contribution is -2.32. The molecule has 3 rings (SSSR count). The number of nitro benzene ring substituents is 1. The number of aromatic nitrogens is 2. The Morgan fingerprint density at radius 3 is 2.00 bits per heavy atom. The van der Waals surface area contributed by atoms with Crippen LogP contribution in [0.2, 0.25) is 0 Å². The molecule has 1 N–H and O–H groups in total. The summed E-state index contributed by atoms with van der Waals surface area (Å²) in [6, 6.07) is 2.26. The number of benzene rings is 2. The molecular weight excluding hydrogens is 539 g/mol. The molecule has 0 saturated heterocycles. The van der Waals surface area contributed by atoms with Crippen molar-refractivity contribution in [2.24, 2.45) is 0 Å². The van der Waals surface area contributed by atoms with Gasteiger partial charge in [-0.2, -0.15) is 44.6 Å². The van der Waals surface area contributed by atoms with Crippen LogP contribution in [0.1, 0.15) is 44.5 Å². The van der Waals surface area contributed by atoms with Gasteiger partial charge in [0.15, 0.2) is 11.7 Å². The average Bonchev–Trinajstić information content (AvgIpc) is 3.21. The number of aryl methyl sites for hydroxylation is 2. The summed E-state index contributed by atoms with van der Waals surface area (Å²) in [5.41, 5.74) is -6.08. The lowest BCUT2D eigenvalue weighted by molar-refractivity contribution is -0.384. The van der Waals surface area contributed by atoms with Crippen LogP contribution in [-0.4, -0.2) is 26.8 Å². The number of halogens is 9. The highest BCUT2D eigenvalue weighted by atomic mass is 19.4. The van der Waals surface area contributed by atoms with Crippen molar-refractivity contribution in [1.29, 1.82) is 0 Å². The fraction of sp³-hybridized carbons (Fsp3) is 0.273. The van der Waals surface area contributed by atoms with Crippen molar-refractivity contribution < 1.29 is 49.2 Å². The molecule has 1 amide bonds. The SMILES string of the molecule is Cc1cc(C(n2nc(C(F)(F)F)cc2C(F)(F)F)C(F)(F)F)cc(C)c1NC(=O)c1cccc([N+](=O)[O-])c1. The van der Waals surface area contributed by atoms with Gasteiger partial charge in [-0.1, -0.05) is 18.2 Å². The zero-order chi connectivity index (χ0) is 28.8. The Balaban J connectivity index is 2.10. The van der Waals surface area contributed by atoms with Gasteiger partial charge in [-0.3, -0.25) is 14.9 Å². The molecule has 1 atom stereocenters. The largest absolute Gasteiger partial charge is 0.435 e. The maximum atomic E-state index is 14.0. The molecule has 2 aromatic carbocycles. The summed E-state index contributed by atoms with van der Waals surface area (Å²) in [7, 11) is 0. The average molecular weight is 554 g/mol. The zero-order valence-electron chi connectivity index (χ0n) is 19.1. The third kappa shape index (κ3) is 5.89. The van der Waals surface area contributed by atoms with Gasteiger partial charge in [0.05, 0.1) is 4.92 Å². The smallest absolute Gasteiger partial charge is 0.321 e. The van der Waals surface area contributed by atoms with E-state index < -0.39 is 68.8 Å². The quantitative estimate of drug-likeness (QED) is 0.212. The number of nitro groups is 1. The second kappa shape index (κ2) is 9.64. The molecule has 0 fully saturated rings. The van der Waals surface area contributed by atoms with E-state index in [1.54, 1.807) is 0 Å². The second-order valence-electron chi connectivity index (χ2n) is 8.09. The Bertz CT molecular complexity index is 1370. The summed E-state index contributed by atoms with van der Waals surface area (Å²) in [5, 5.41) is 15.9. The zero-order valence-corrected chi connectivity index (χ0v) is 19.1. The number of non-ortho nitro benzene ring substituents is 1. The van der Waals surface area contributed by atoms with Gasteiger partial charge in [-0.25, -0.2) is 4.68 Å². The van der Waals surface area contributed by atoms with E-state index in [4.69, 9.17) is 0 Å². The molecule has 16 heteroatoms. The molecular formula is C22H15F9N4O3. The first-order chi connectivity index (χ1) is 17.3. The minimum Gasteiger partial charge on any atom is -0.321 e. The topological polar surface area (TPSA) is 90.1 Å². The number of carbonyl (C=O) groups is 1. The van der Waals surface area contributed by atoms with E-state index in [-0.39, 0.29) is 22.4 Å². The molecule has 0 saturated carbocycles. The molecule has 0 aliphatic rings. The van der Waals surface area contributed by atoms with E-state index in [1.807, 2.05) is 0 Å². The van der Waals surface area contributed by atoms with Crippen molar-refractivity contribution >= 4 is 17.3 Å². The molecule has 0 aliphatic heterocycles. The lowest BCUT2D eigenvalue weighted by Gasteiger charge is -2.25. The van der Waals surface area contributed by atoms with Crippen LogP contribution in [0, 0.1) is 24.0 Å². The van der Waals surface area contributed by atoms with Crippen LogP contribution in [0.5, 0.6) is 0 Å². The lowest BCUT2D eigenvalue weighted by atomic mass is 9.98. The summed E-state index contributed by atoms with van der Waals surface area (Å²) < 4.78 is 121. The number of nitrogens with one attached hydrogen (secondary N) is 1. The Morgan fingerprint density at radius 2 is 1.53 bits per heavy atom. The van der Waals surface area contributed by atoms with Gasteiger partial charge < -0.3 is 5.32 Å². The van der Waals surface area contributed by atoms with Gasteiger partial charge in [0, 0.05) is 29.4 Å². The predicted molar refractivity (Wildman–Crippen MR) is 113 cm³/mol. The summed E-state index contributed by atoms with van der Waals surface area (Å²) >= 11 is 0. The van der Waals surface area contributed by atoms with E-state index in [1.165, 1.54) is 26.0 Å². The monoisotopic (exact) mass is 554 g/mol. The van der Waals surface area contributed by atoms with Gasteiger partial charge in [-0.15, -0.1) is 0 Å². The highest BCUT2D eigenvalue weighted by Gasteiger charge is 2.50. The van der Waals surface area contributed by atoms with E-state index in [9.17, 15) is 54.4 Å². The minimum atomic E-state index is -5.60. The Hall–Kier alpha value is -4.11. The number of anilines is 1. The van der Waals surface area contributed by atoms with Crippen molar-refractivity contribution in [2.45, 2.75) is 38.4 Å². The third-order valence-electron chi connectivity index (χ3n) is 5.30. The van der Waals surface area contributed by atoms with Crippen LogP contribution < -0.4 is 5.32 Å². The Labute approximate surface area is 207 Å². The molecule has 1 unspecified atom stereocenters. The third-order valence-corrected chi connectivity index (χ3v) is 5.30. The highest BCUT2D eigenvalue weighted by molar-refractivity contribution is 6.05. The molecule has 0 spiro atoms. The summed E-state index contributed by atoms with van der Waals surface area (Å²) in [6.07, 6.45) is -16.6. The van der Waals surface area contributed by atoms with Gasteiger partial charge in [0.25, 0.3) is 11.6 Å². The number of nitrogens with zero attached hydrogens (tertiary/aromatic N) is 3. The first-order valence-electron chi connectivity index (χ1n) is 10.3. The Morgan fingerprint density at radius 1 is 0.947 bits per heavy atom. The fourth-order valence-electron chi connectivity index (χ4n) is 3.71. The van der Waals surface area contributed by atoms with E-state index in [0.717, 1.165) is 24.3 Å². The molecule has 204 valence electrons. The van der Waals surface area contributed by atoms with Gasteiger partial charge in [0.2, 0.25) is 0 Å². The molecule has 0 bridgehead atoms. The van der Waals surface area contributed by atoms with Crippen molar-refractivity contribution in [3.63, 3.8) is 0 Å². The van der Waals surface area contributed by atoms with Crippen molar-refractivity contribution in [1.82, 2.24) is 9.78 Å². The normalized spacial score (nSPS) is 13.3. The first kappa shape index (κ1) is 28.5. The summed E-state index contributed by atoms with van der Waals surface area (Å²) in [5.74, 6) is -0.874. The van der Waals surface area contributed by atoms with Crippen molar-refractivity contribution in [2.75, 3.05) is 5.32 Å². The standard InChI is InChI=1S/C22H15F9N4O3/c1-10-6-13(7-11(2)17(10)32-19(36)12-4-3-5-14(8-12)35(37)38)18(22(29,30)31)34-16(21(26,27)28)9-15(33-34)20(23,24)25/h3-9,18H,1-2H3,(H,32,36). The molecule has 38 heavy (non-hydrogen) atoms. The van der Waals surface area contributed by atoms with E-state index >= 15 is 0 Å². The molecule has 3 aromatic rings. The van der Waals surface area contributed by atoms with Crippen LogP contribution in [0.4, 0.5) is 50.9 Å². The number of amides is 1. The van der Waals surface area contributed by atoms with Crippen LogP contribution in [0.15, 0.2) is 42.5 Å². The molecule has 7 nitrogen and oxygen atoms in total. The number of hydrogen-bond donors (Lipinski definition) is 1. The van der Waals surface area contributed by atoms with Gasteiger partial charge >= 0.3 is 18.5 Å². The number of hydrogen-bond acceptors (Lipinski definition) is 4. The maximum Gasteiger partial charge on any atom is 0.435 e. The van der Waals surface area contributed by atoms with Crippen LogP contribution in [0.25, 0.3) is 0 Å². The number of alkyl halides is 9. The molecule has 0 aliphatic carbocycles. The van der Waals surface area contributed by atoms with Crippen molar-refractivity contribution in [3.05, 3.63) is 86.2 Å².